The van der Waals surface area contributed by atoms with Crippen LogP contribution in [0.4, 0.5) is 18.9 Å². The number of alkyl halides is 2. The summed E-state index contributed by atoms with van der Waals surface area (Å²) in [6.07, 6.45) is 0. The third-order valence-corrected chi connectivity index (χ3v) is 3.68. The molecule has 0 saturated carbocycles. The van der Waals surface area contributed by atoms with Gasteiger partial charge in [-0.2, -0.15) is 8.78 Å². The Hall–Kier alpha value is -3.01. The van der Waals surface area contributed by atoms with Crippen molar-refractivity contribution in [2.75, 3.05) is 12.4 Å². The lowest BCUT2D eigenvalue weighted by Gasteiger charge is -2.12. The number of methoxy groups -OCH3 is 1. The highest BCUT2D eigenvalue weighted by Crippen LogP contribution is 2.32. The minimum absolute atomic E-state index is 0.000467. The molecule has 3 rings (SSSR count). The second kappa shape index (κ2) is 7.08. The summed E-state index contributed by atoms with van der Waals surface area (Å²) >= 11 is 4.95. The third kappa shape index (κ3) is 3.64. The number of hydrogen-bond donors (Lipinski definition) is 3. The van der Waals surface area contributed by atoms with Gasteiger partial charge in [0.15, 0.2) is 16.3 Å². The molecule has 3 N–H and O–H groups in total. The number of nitrogens with one attached hydrogen (secondary N) is 3. The molecular formula is C16H12F3N3O3S. The largest absolute Gasteiger partial charge is 0.493 e. The Balaban J connectivity index is 1.94. The zero-order chi connectivity index (χ0) is 18.8. The van der Waals surface area contributed by atoms with Gasteiger partial charge in [-0.25, -0.2) is 4.39 Å². The highest BCUT2D eigenvalue weighted by atomic mass is 32.1. The molecule has 0 unspecified atom stereocenters. The van der Waals surface area contributed by atoms with Crippen molar-refractivity contribution >= 4 is 34.8 Å². The number of carbonyl (C=O) groups excluding carboxylic acids is 1. The number of benzene rings is 2. The Morgan fingerprint density at radius 1 is 1.19 bits per heavy atom. The topological polar surface area (TPSA) is 79.1 Å². The Morgan fingerprint density at radius 3 is 2.65 bits per heavy atom. The molecule has 1 aromatic heterocycles. The van der Waals surface area contributed by atoms with Crippen molar-refractivity contribution in [3.05, 3.63) is 46.5 Å². The van der Waals surface area contributed by atoms with Gasteiger partial charge in [-0.15, -0.1) is 0 Å². The summed E-state index contributed by atoms with van der Waals surface area (Å²) in [7, 11) is 1.30. The summed E-state index contributed by atoms with van der Waals surface area (Å²) in [6, 6.07) is 6.21. The van der Waals surface area contributed by atoms with Crippen LogP contribution in [0.25, 0.3) is 11.0 Å². The van der Waals surface area contributed by atoms with Crippen molar-refractivity contribution in [3.63, 3.8) is 0 Å². The van der Waals surface area contributed by atoms with Gasteiger partial charge in [-0.1, -0.05) is 0 Å². The molecule has 0 bridgehead atoms. The summed E-state index contributed by atoms with van der Waals surface area (Å²) in [5.41, 5.74) is 0.820. The van der Waals surface area contributed by atoms with E-state index in [1.807, 2.05) is 0 Å². The first-order valence-corrected chi connectivity index (χ1v) is 7.64. The smallest absolute Gasteiger partial charge is 0.387 e. The summed E-state index contributed by atoms with van der Waals surface area (Å²) in [6.45, 7) is -3.06. The van der Waals surface area contributed by atoms with Crippen LogP contribution in [0.1, 0.15) is 10.4 Å². The lowest BCUT2D eigenvalue weighted by atomic mass is 10.1. The highest BCUT2D eigenvalue weighted by molar-refractivity contribution is 7.71. The molecule has 0 atom stereocenters. The van der Waals surface area contributed by atoms with Crippen LogP contribution in [0.5, 0.6) is 11.5 Å². The summed E-state index contributed by atoms with van der Waals surface area (Å²) in [4.78, 5) is 18.0. The van der Waals surface area contributed by atoms with E-state index in [9.17, 15) is 18.0 Å². The lowest BCUT2D eigenvalue weighted by molar-refractivity contribution is -0.0511. The fraction of sp³-hybridized carbons (Fsp3) is 0.125. The lowest BCUT2D eigenvalue weighted by Crippen LogP contribution is -2.13. The van der Waals surface area contributed by atoms with Gasteiger partial charge in [-0.3, -0.25) is 4.79 Å². The summed E-state index contributed by atoms with van der Waals surface area (Å²) < 4.78 is 48.3. The average molecular weight is 383 g/mol. The van der Waals surface area contributed by atoms with Crippen LogP contribution < -0.4 is 14.8 Å². The number of rotatable bonds is 5. The molecule has 0 aliphatic rings. The van der Waals surface area contributed by atoms with E-state index >= 15 is 0 Å². The molecule has 0 aliphatic carbocycles. The zero-order valence-electron chi connectivity index (χ0n) is 13.2. The monoisotopic (exact) mass is 383 g/mol. The maximum atomic E-state index is 13.7. The molecule has 10 heteroatoms. The first-order valence-electron chi connectivity index (χ1n) is 7.23. The molecule has 1 heterocycles. The molecule has 0 saturated heterocycles. The first kappa shape index (κ1) is 17.8. The van der Waals surface area contributed by atoms with E-state index in [1.54, 1.807) is 0 Å². The second-order valence-corrected chi connectivity index (χ2v) is 5.56. The quantitative estimate of drug-likeness (QED) is 0.576. The van der Waals surface area contributed by atoms with E-state index in [0.717, 1.165) is 6.07 Å². The van der Waals surface area contributed by atoms with Crippen LogP contribution >= 0.6 is 12.2 Å². The fourth-order valence-corrected chi connectivity index (χ4v) is 2.64. The van der Waals surface area contributed by atoms with Gasteiger partial charge >= 0.3 is 6.61 Å². The number of ether oxygens (including phenoxy) is 2. The zero-order valence-corrected chi connectivity index (χ0v) is 14.0. The predicted octanol–water partition coefficient (Wildman–Crippen LogP) is 4.23. The Labute approximate surface area is 149 Å². The molecule has 3 aromatic rings. The molecule has 1 amide bonds. The Bertz CT molecular complexity index is 1030. The molecule has 0 fully saturated rings. The standard InChI is InChI=1S/C16H12F3N3O3S/c1-24-11-3-2-8(6-12(11)25-15(18)19)20-14(23)9-4-7(17)5-10-13(9)22-16(26)21-10/h2-6,15H,1H3,(H,20,23)(H2,21,22,26). The number of anilines is 1. The maximum absolute atomic E-state index is 13.7. The molecule has 6 nitrogen and oxygen atoms in total. The number of H-pyrrole nitrogens is 2. The van der Waals surface area contributed by atoms with Crippen molar-refractivity contribution in [1.29, 1.82) is 0 Å². The normalized spacial score (nSPS) is 11.0. The number of amides is 1. The van der Waals surface area contributed by atoms with Gasteiger partial charge in [0.05, 0.1) is 23.7 Å². The predicted molar refractivity (Wildman–Crippen MR) is 91.0 cm³/mol. The SMILES string of the molecule is COc1ccc(NC(=O)c2cc(F)cc3[nH]c(=S)[nH]c23)cc1OC(F)F. The third-order valence-electron chi connectivity index (χ3n) is 3.47. The molecule has 0 spiro atoms. The van der Waals surface area contributed by atoms with Gasteiger partial charge in [0.1, 0.15) is 5.82 Å². The number of halogens is 3. The number of fused-ring (bicyclic) bond motifs is 1. The van der Waals surface area contributed by atoms with E-state index in [1.165, 1.54) is 31.4 Å². The van der Waals surface area contributed by atoms with Crippen LogP contribution in [-0.2, 0) is 0 Å². The average Bonchev–Trinajstić information content (AvgIpc) is 2.93. The molecule has 26 heavy (non-hydrogen) atoms. The fourth-order valence-electron chi connectivity index (χ4n) is 2.43. The van der Waals surface area contributed by atoms with Crippen molar-refractivity contribution in [3.8, 4) is 11.5 Å². The minimum Gasteiger partial charge on any atom is -0.493 e. The molecule has 136 valence electrons. The first-order chi connectivity index (χ1) is 12.4. The van der Waals surface area contributed by atoms with Gasteiger partial charge in [-0.05, 0) is 36.5 Å². The summed E-state index contributed by atoms with van der Waals surface area (Å²) in [5, 5.41) is 2.50. The van der Waals surface area contributed by atoms with E-state index in [2.05, 4.69) is 20.0 Å². The number of aromatic amines is 2. The second-order valence-electron chi connectivity index (χ2n) is 5.15. The van der Waals surface area contributed by atoms with E-state index in [4.69, 9.17) is 17.0 Å². The van der Waals surface area contributed by atoms with Gasteiger partial charge < -0.3 is 24.8 Å². The molecular weight excluding hydrogens is 371 g/mol. The molecule has 0 aliphatic heterocycles. The van der Waals surface area contributed by atoms with Gasteiger partial charge in [0.2, 0.25) is 0 Å². The van der Waals surface area contributed by atoms with Crippen LogP contribution in [0, 0.1) is 10.6 Å². The highest BCUT2D eigenvalue weighted by Gasteiger charge is 2.16. The van der Waals surface area contributed by atoms with Crippen LogP contribution in [0.2, 0.25) is 0 Å². The number of carbonyl (C=O) groups is 1. The molecule has 0 radical (unpaired) electrons. The minimum atomic E-state index is -3.06. The van der Waals surface area contributed by atoms with Crippen molar-refractivity contribution in [1.82, 2.24) is 9.97 Å². The number of aromatic nitrogens is 2. The Morgan fingerprint density at radius 2 is 1.96 bits per heavy atom. The van der Waals surface area contributed by atoms with Gasteiger partial charge in [0.25, 0.3) is 5.91 Å². The van der Waals surface area contributed by atoms with Gasteiger partial charge in [0, 0.05) is 11.8 Å². The van der Waals surface area contributed by atoms with Crippen molar-refractivity contribution < 1.29 is 27.4 Å². The number of hydrogen-bond acceptors (Lipinski definition) is 4. The van der Waals surface area contributed by atoms with E-state index in [-0.39, 0.29) is 27.5 Å². The molecule has 2 aromatic carbocycles. The maximum Gasteiger partial charge on any atom is 0.387 e. The Kier molecular flexibility index (Phi) is 4.85. The summed E-state index contributed by atoms with van der Waals surface area (Å²) in [5.74, 6) is -1.46. The van der Waals surface area contributed by atoms with Crippen molar-refractivity contribution in [2.24, 2.45) is 0 Å². The van der Waals surface area contributed by atoms with Crippen molar-refractivity contribution in [2.45, 2.75) is 6.61 Å². The van der Waals surface area contributed by atoms with Crippen LogP contribution in [0.15, 0.2) is 30.3 Å². The van der Waals surface area contributed by atoms with Crippen LogP contribution in [0.3, 0.4) is 0 Å². The van der Waals surface area contributed by atoms with E-state index in [0.29, 0.717) is 11.0 Å². The number of imidazole rings is 1. The van der Waals surface area contributed by atoms with E-state index < -0.39 is 18.3 Å². The van der Waals surface area contributed by atoms with Crippen LogP contribution in [-0.4, -0.2) is 29.6 Å².